The SMILES string of the molecule is COCCN1C(=O)/C(=C\c2cc3c(cc2Cl)N(C)C(C)(C)CC3C)SC1=Nc1ccc(OC)cc1. The average Bonchev–Trinajstić information content (AvgIpc) is 3.11. The monoisotopic (exact) mass is 513 g/mol. The minimum absolute atomic E-state index is 0.0572. The Bertz CT molecular complexity index is 1180. The molecule has 2 aliphatic heterocycles. The third kappa shape index (κ3) is 5.22. The van der Waals surface area contributed by atoms with Gasteiger partial charge in [0, 0.05) is 30.4 Å². The molecule has 35 heavy (non-hydrogen) atoms. The Morgan fingerprint density at radius 3 is 2.60 bits per heavy atom. The Labute approximate surface area is 216 Å². The van der Waals surface area contributed by atoms with Crippen LogP contribution in [-0.2, 0) is 9.53 Å². The zero-order chi connectivity index (χ0) is 25.3. The molecule has 186 valence electrons. The molecule has 4 rings (SSSR count). The van der Waals surface area contributed by atoms with Gasteiger partial charge in [0.05, 0.1) is 30.9 Å². The average molecular weight is 514 g/mol. The number of fused-ring (bicyclic) bond motifs is 1. The summed E-state index contributed by atoms with van der Waals surface area (Å²) >= 11 is 8.10. The standard InChI is InChI=1S/C27H32ClN3O3S/c1-17-16-27(2,3)30(4)23-15-22(28)18(13-21(17)23)14-24-25(32)31(11-12-33-5)26(35-24)29-19-7-9-20(34-6)10-8-19/h7-10,13-15,17H,11-12,16H2,1-6H3/b24-14+,29-26?. The second-order valence-electron chi connectivity index (χ2n) is 9.56. The van der Waals surface area contributed by atoms with Gasteiger partial charge in [-0.1, -0.05) is 18.5 Å². The number of thioether (sulfide) groups is 1. The number of anilines is 1. The number of amides is 1. The molecular weight excluding hydrogens is 482 g/mol. The minimum Gasteiger partial charge on any atom is -0.497 e. The van der Waals surface area contributed by atoms with Crippen LogP contribution in [0.4, 0.5) is 11.4 Å². The van der Waals surface area contributed by atoms with E-state index in [-0.39, 0.29) is 11.4 Å². The van der Waals surface area contributed by atoms with Crippen molar-refractivity contribution in [3.8, 4) is 5.75 Å². The van der Waals surface area contributed by atoms with Gasteiger partial charge >= 0.3 is 0 Å². The molecule has 6 nitrogen and oxygen atoms in total. The lowest BCUT2D eigenvalue weighted by Gasteiger charge is -2.45. The van der Waals surface area contributed by atoms with Gasteiger partial charge in [0.1, 0.15) is 5.75 Å². The quantitative estimate of drug-likeness (QED) is 0.423. The van der Waals surface area contributed by atoms with E-state index in [9.17, 15) is 4.79 Å². The highest BCUT2D eigenvalue weighted by atomic mass is 35.5. The summed E-state index contributed by atoms with van der Waals surface area (Å²) in [4.78, 5) is 22.6. The molecule has 0 bridgehead atoms. The molecule has 1 atom stereocenters. The number of hydrogen-bond donors (Lipinski definition) is 0. The van der Waals surface area contributed by atoms with Crippen LogP contribution in [-0.4, -0.2) is 55.9 Å². The maximum atomic E-state index is 13.3. The number of halogens is 1. The summed E-state index contributed by atoms with van der Waals surface area (Å²) in [5.41, 5.74) is 4.05. The summed E-state index contributed by atoms with van der Waals surface area (Å²) in [7, 11) is 5.36. The third-order valence-corrected chi connectivity index (χ3v) is 8.08. The molecule has 0 N–H and O–H groups in total. The molecule has 2 aromatic rings. The van der Waals surface area contributed by atoms with Crippen LogP contribution in [0.1, 0.15) is 44.2 Å². The van der Waals surface area contributed by atoms with Crippen molar-refractivity contribution in [2.45, 2.75) is 38.6 Å². The molecule has 0 saturated carbocycles. The first-order chi connectivity index (χ1) is 16.6. The first kappa shape index (κ1) is 25.6. The lowest BCUT2D eigenvalue weighted by molar-refractivity contribution is -0.122. The van der Waals surface area contributed by atoms with Gasteiger partial charge in [-0.2, -0.15) is 0 Å². The second kappa shape index (κ2) is 10.2. The summed E-state index contributed by atoms with van der Waals surface area (Å²) in [6.07, 6.45) is 2.93. The highest BCUT2D eigenvalue weighted by Crippen LogP contribution is 2.45. The van der Waals surface area contributed by atoms with Crippen molar-refractivity contribution in [3.05, 3.63) is 57.5 Å². The predicted octanol–water partition coefficient (Wildman–Crippen LogP) is 6.32. The summed E-state index contributed by atoms with van der Waals surface area (Å²) in [5.74, 6) is 1.05. The minimum atomic E-state index is -0.0978. The van der Waals surface area contributed by atoms with E-state index >= 15 is 0 Å². The normalized spacial score (nSPS) is 21.7. The number of hydrogen-bond acceptors (Lipinski definition) is 6. The third-order valence-electron chi connectivity index (χ3n) is 6.74. The van der Waals surface area contributed by atoms with Crippen LogP contribution in [0.2, 0.25) is 5.02 Å². The number of nitrogens with zero attached hydrogens (tertiary/aromatic N) is 3. The van der Waals surface area contributed by atoms with Gasteiger partial charge in [-0.3, -0.25) is 9.69 Å². The van der Waals surface area contributed by atoms with Gasteiger partial charge in [0.25, 0.3) is 5.91 Å². The van der Waals surface area contributed by atoms with Crippen LogP contribution in [0.25, 0.3) is 6.08 Å². The Balaban J connectivity index is 1.69. The molecule has 1 unspecified atom stereocenters. The van der Waals surface area contributed by atoms with Crippen LogP contribution in [0.5, 0.6) is 5.75 Å². The fourth-order valence-electron chi connectivity index (χ4n) is 4.59. The zero-order valence-electron chi connectivity index (χ0n) is 21.1. The molecule has 1 saturated heterocycles. The van der Waals surface area contributed by atoms with Crippen molar-refractivity contribution in [1.82, 2.24) is 4.90 Å². The van der Waals surface area contributed by atoms with Crippen LogP contribution in [0.15, 0.2) is 46.3 Å². The first-order valence-electron chi connectivity index (χ1n) is 11.6. The number of amidine groups is 1. The maximum absolute atomic E-state index is 13.3. The molecule has 2 heterocycles. The van der Waals surface area contributed by atoms with E-state index in [1.807, 2.05) is 36.4 Å². The van der Waals surface area contributed by atoms with Crippen LogP contribution < -0.4 is 9.64 Å². The molecule has 0 radical (unpaired) electrons. The van der Waals surface area contributed by atoms with Crippen molar-refractivity contribution in [2.75, 3.05) is 39.3 Å². The zero-order valence-corrected chi connectivity index (χ0v) is 22.7. The van der Waals surface area contributed by atoms with Crippen molar-refractivity contribution in [3.63, 3.8) is 0 Å². The first-order valence-corrected chi connectivity index (χ1v) is 12.8. The van der Waals surface area contributed by atoms with E-state index in [2.05, 4.69) is 38.8 Å². The van der Waals surface area contributed by atoms with Gasteiger partial charge in [0.15, 0.2) is 5.17 Å². The van der Waals surface area contributed by atoms with Gasteiger partial charge in [0.2, 0.25) is 0 Å². The number of carbonyl (C=O) groups excluding carboxylic acids is 1. The van der Waals surface area contributed by atoms with E-state index in [0.29, 0.717) is 34.2 Å². The summed E-state index contributed by atoms with van der Waals surface area (Å²) in [6, 6.07) is 11.6. The fourth-order valence-corrected chi connectivity index (χ4v) is 5.82. The van der Waals surface area contributed by atoms with Crippen LogP contribution in [0, 0.1) is 0 Å². The van der Waals surface area contributed by atoms with Crippen molar-refractivity contribution >= 4 is 51.9 Å². The topological polar surface area (TPSA) is 54.4 Å². The molecule has 1 amide bonds. The number of ether oxygens (including phenoxy) is 2. The van der Waals surface area contributed by atoms with E-state index in [1.165, 1.54) is 17.3 Å². The molecule has 2 aromatic carbocycles. The number of benzene rings is 2. The van der Waals surface area contributed by atoms with Gasteiger partial charge in [-0.15, -0.1) is 0 Å². The van der Waals surface area contributed by atoms with E-state index in [0.717, 1.165) is 29.1 Å². The lowest BCUT2D eigenvalue weighted by atomic mass is 9.80. The molecular formula is C27H32ClN3O3S. The van der Waals surface area contributed by atoms with Gasteiger partial charge in [-0.05, 0) is 91.5 Å². The maximum Gasteiger partial charge on any atom is 0.266 e. The number of methoxy groups -OCH3 is 2. The van der Waals surface area contributed by atoms with Crippen molar-refractivity contribution < 1.29 is 14.3 Å². The Morgan fingerprint density at radius 1 is 1.23 bits per heavy atom. The van der Waals surface area contributed by atoms with Crippen molar-refractivity contribution in [2.24, 2.45) is 4.99 Å². The highest BCUT2D eigenvalue weighted by molar-refractivity contribution is 8.18. The summed E-state index contributed by atoms with van der Waals surface area (Å²) in [6.45, 7) is 7.59. The lowest BCUT2D eigenvalue weighted by Crippen LogP contribution is -2.45. The second-order valence-corrected chi connectivity index (χ2v) is 11.0. The predicted molar refractivity (Wildman–Crippen MR) is 146 cm³/mol. The molecule has 1 fully saturated rings. The number of rotatable bonds is 6. The fraction of sp³-hybridized carbons (Fsp3) is 0.407. The Morgan fingerprint density at radius 2 is 1.94 bits per heavy atom. The van der Waals surface area contributed by atoms with Gasteiger partial charge < -0.3 is 14.4 Å². The smallest absolute Gasteiger partial charge is 0.266 e. The molecule has 0 aliphatic carbocycles. The molecule has 0 spiro atoms. The largest absolute Gasteiger partial charge is 0.497 e. The van der Waals surface area contributed by atoms with E-state index < -0.39 is 0 Å². The Kier molecular flexibility index (Phi) is 7.50. The van der Waals surface area contributed by atoms with Gasteiger partial charge in [-0.25, -0.2) is 4.99 Å². The number of carbonyl (C=O) groups is 1. The van der Waals surface area contributed by atoms with Crippen molar-refractivity contribution in [1.29, 1.82) is 0 Å². The molecule has 8 heteroatoms. The van der Waals surface area contributed by atoms with Crippen LogP contribution >= 0.6 is 23.4 Å². The number of aliphatic imine (C=N–C) groups is 1. The molecule has 0 aromatic heterocycles. The summed E-state index contributed by atoms with van der Waals surface area (Å²) in [5, 5.41) is 1.25. The summed E-state index contributed by atoms with van der Waals surface area (Å²) < 4.78 is 10.5. The highest BCUT2D eigenvalue weighted by Gasteiger charge is 2.36. The Hall–Kier alpha value is -2.48. The van der Waals surface area contributed by atoms with Crippen LogP contribution in [0.3, 0.4) is 0 Å². The van der Waals surface area contributed by atoms with E-state index in [1.54, 1.807) is 19.1 Å². The van der Waals surface area contributed by atoms with E-state index in [4.69, 9.17) is 26.1 Å². The molecule has 2 aliphatic rings.